The number of para-hydroxylation sites is 4. The third-order valence-electron chi connectivity index (χ3n) is 12.5. The lowest BCUT2D eigenvalue weighted by molar-refractivity contribution is 0.669. The summed E-state index contributed by atoms with van der Waals surface area (Å²) in [4.78, 5) is 2.52. The van der Waals surface area contributed by atoms with E-state index >= 15 is 0 Å². The summed E-state index contributed by atoms with van der Waals surface area (Å²) in [5, 5.41) is 8.75. The zero-order chi connectivity index (χ0) is 36.2. The van der Waals surface area contributed by atoms with Crippen molar-refractivity contribution in [3.8, 4) is 11.4 Å². The van der Waals surface area contributed by atoms with Crippen molar-refractivity contribution in [1.82, 2.24) is 9.13 Å². The van der Waals surface area contributed by atoms with E-state index in [1.807, 2.05) is 17.4 Å². The second-order valence-corrected chi connectivity index (χ2v) is 16.3. The number of nitrogens with zero attached hydrogens (tertiary/aromatic N) is 3. The molecule has 6 heterocycles. The lowest BCUT2D eigenvalue weighted by Crippen LogP contribution is -2.59. The summed E-state index contributed by atoms with van der Waals surface area (Å²) >= 11 is 1.94. The number of hydrogen-bond donors (Lipinski definition) is 0. The fourth-order valence-corrected chi connectivity index (χ4v) is 11.7. The van der Waals surface area contributed by atoms with E-state index in [1.54, 1.807) is 0 Å². The minimum atomic E-state index is 0.0331. The molecule has 4 nitrogen and oxygen atoms in total. The van der Waals surface area contributed by atoms with Crippen molar-refractivity contribution in [3.05, 3.63) is 170 Å². The third-order valence-corrected chi connectivity index (χ3v) is 13.7. The van der Waals surface area contributed by atoms with Crippen molar-refractivity contribution >= 4 is 126 Å². The van der Waals surface area contributed by atoms with Crippen molar-refractivity contribution in [3.63, 3.8) is 0 Å². The first-order valence-corrected chi connectivity index (χ1v) is 20.0. The Morgan fingerprint density at radius 2 is 1.14 bits per heavy atom. The van der Waals surface area contributed by atoms with Crippen LogP contribution in [0.1, 0.15) is 0 Å². The summed E-state index contributed by atoms with van der Waals surface area (Å²) in [6, 6.07) is 62.4. The van der Waals surface area contributed by atoms with Crippen LogP contribution in [0.3, 0.4) is 0 Å². The number of benzene rings is 8. The van der Waals surface area contributed by atoms with Crippen LogP contribution >= 0.6 is 11.3 Å². The Balaban J connectivity index is 1.16. The van der Waals surface area contributed by atoms with E-state index in [2.05, 4.69) is 178 Å². The fraction of sp³-hybridized carbons (Fsp3) is 0. The van der Waals surface area contributed by atoms with Crippen LogP contribution in [0.4, 0.5) is 17.1 Å². The molecular formula is C50H28BN3OS. The highest BCUT2D eigenvalue weighted by atomic mass is 32.1. The van der Waals surface area contributed by atoms with Gasteiger partial charge in [0.25, 0.3) is 6.71 Å². The van der Waals surface area contributed by atoms with Gasteiger partial charge in [-0.1, -0.05) is 97.1 Å². The summed E-state index contributed by atoms with van der Waals surface area (Å²) in [6.45, 7) is 0.0331. The molecule has 8 aromatic carbocycles. The molecule has 0 amide bonds. The maximum Gasteiger partial charge on any atom is 0.264 e. The van der Waals surface area contributed by atoms with Crippen LogP contribution in [-0.2, 0) is 0 Å². The van der Waals surface area contributed by atoms with Crippen molar-refractivity contribution in [2.45, 2.75) is 0 Å². The zero-order valence-electron chi connectivity index (χ0n) is 29.9. The SMILES string of the molecule is c1ccc(-n2c3ccccc3c3c4c5ccccc5n5c4c(cc32)B2c3sc4ccccc4c3N(c3ccc4c(c3)oc3ccccc34)c3cccc-5c32)cc1. The maximum atomic E-state index is 6.51. The van der Waals surface area contributed by atoms with Gasteiger partial charge in [-0.05, 0) is 77.7 Å². The van der Waals surface area contributed by atoms with Crippen molar-refractivity contribution in [2.24, 2.45) is 0 Å². The molecule has 0 spiro atoms. The van der Waals surface area contributed by atoms with Gasteiger partial charge in [-0.15, -0.1) is 11.3 Å². The van der Waals surface area contributed by atoms with Crippen LogP contribution in [0.25, 0.3) is 87.0 Å². The van der Waals surface area contributed by atoms with Gasteiger partial charge in [-0.3, -0.25) is 0 Å². The van der Waals surface area contributed by atoms with Crippen LogP contribution < -0.4 is 20.6 Å². The highest BCUT2D eigenvalue weighted by Crippen LogP contribution is 2.48. The number of furan rings is 1. The van der Waals surface area contributed by atoms with Crippen LogP contribution in [-0.4, -0.2) is 15.8 Å². The van der Waals surface area contributed by atoms with Crippen LogP contribution in [0, 0.1) is 0 Å². The highest BCUT2D eigenvalue weighted by Gasteiger charge is 2.44. The van der Waals surface area contributed by atoms with Gasteiger partial charge in [0.05, 0.1) is 27.8 Å². The summed E-state index contributed by atoms with van der Waals surface area (Å²) in [6.07, 6.45) is 0. The second kappa shape index (κ2) is 10.4. The van der Waals surface area contributed by atoms with Crippen molar-refractivity contribution in [1.29, 1.82) is 0 Å². The van der Waals surface area contributed by atoms with Gasteiger partial charge in [0, 0.05) is 76.0 Å². The van der Waals surface area contributed by atoms with Crippen molar-refractivity contribution < 1.29 is 4.42 Å². The molecule has 6 heteroatoms. The molecule has 258 valence electrons. The first kappa shape index (κ1) is 29.4. The predicted octanol–water partition coefficient (Wildman–Crippen LogP) is 11.6. The van der Waals surface area contributed by atoms with Gasteiger partial charge in [0.1, 0.15) is 11.2 Å². The highest BCUT2D eigenvalue weighted by molar-refractivity contribution is 7.33. The summed E-state index contributed by atoms with van der Waals surface area (Å²) < 4.78 is 14.2. The average molecular weight is 730 g/mol. The van der Waals surface area contributed by atoms with E-state index < -0.39 is 0 Å². The minimum absolute atomic E-state index is 0.0331. The molecule has 56 heavy (non-hydrogen) atoms. The molecule has 12 aromatic rings. The molecule has 4 aromatic heterocycles. The van der Waals surface area contributed by atoms with Crippen molar-refractivity contribution in [2.75, 3.05) is 4.90 Å². The Hall–Kier alpha value is -7.02. The number of hydrogen-bond acceptors (Lipinski definition) is 3. The number of aromatic nitrogens is 2. The Morgan fingerprint density at radius 3 is 2.00 bits per heavy atom. The van der Waals surface area contributed by atoms with E-state index in [0.29, 0.717) is 0 Å². The van der Waals surface area contributed by atoms with Gasteiger partial charge in [0.15, 0.2) is 0 Å². The molecule has 0 bridgehead atoms. The molecule has 14 rings (SSSR count). The summed E-state index contributed by atoms with van der Waals surface area (Å²) in [5.74, 6) is 0. The Morgan fingerprint density at radius 1 is 0.464 bits per heavy atom. The van der Waals surface area contributed by atoms with Gasteiger partial charge in [0.2, 0.25) is 0 Å². The average Bonchev–Trinajstić information content (AvgIpc) is 4.00. The first-order valence-electron chi connectivity index (χ1n) is 19.2. The molecule has 0 saturated heterocycles. The molecular weight excluding hydrogens is 701 g/mol. The number of anilines is 3. The van der Waals surface area contributed by atoms with E-state index in [0.717, 1.165) is 27.6 Å². The van der Waals surface area contributed by atoms with E-state index in [-0.39, 0.29) is 6.71 Å². The lowest BCUT2D eigenvalue weighted by Gasteiger charge is -2.38. The molecule has 0 aliphatic carbocycles. The van der Waals surface area contributed by atoms with Crippen LogP contribution in [0.5, 0.6) is 0 Å². The van der Waals surface area contributed by atoms with E-state index in [1.165, 1.54) is 92.1 Å². The smallest absolute Gasteiger partial charge is 0.264 e. The van der Waals surface area contributed by atoms with Gasteiger partial charge >= 0.3 is 0 Å². The van der Waals surface area contributed by atoms with Gasteiger partial charge in [-0.25, -0.2) is 0 Å². The minimum Gasteiger partial charge on any atom is -0.456 e. The Labute approximate surface area is 324 Å². The largest absolute Gasteiger partial charge is 0.456 e. The topological polar surface area (TPSA) is 26.2 Å². The lowest BCUT2D eigenvalue weighted by atomic mass is 9.36. The summed E-state index contributed by atoms with van der Waals surface area (Å²) in [5.41, 5.74) is 15.5. The summed E-state index contributed by atoms with van der Waals surface area (Å²) in [7, 11) is 0. The first-order chi connectivity index (χ1) is 27.8. The zero-order valence-corrected chi connectivity index (χ0v) is 30.7. The third kappa shape index (κ3) is 3.52. The van der Waals surface area contributed by atoms with E-state index in [4.69, 9.17) is 4.42 Å². The van der Waals surface area contributed by atoms with Crippen LogP contribution in [0.15, 0.2) is 174 Å². The Bertz CT molecular complexity index is 3680. The molecule has 0 unspecified atom stereocenters. The monoisotopic (exact) mass is 729 g/mol. The molecule has 2 aliphatic rings. The van der Waals surface area contributed by atoms with E-state index in [9.17, 15) is 0 Å². The normalized spacial score (nSPS) is 13.3. The molecule has 2 aliphatic heterocycles. The number of fused-ring (bicyclic) bond motifs is 16. The van der Waals surface area contributed by atoms with Gasteiger partial charge in [-0.2, -0.15) is 0 Å². The quantitative estimate of drug-likeness (QED) is 0.166. The molecule has 0 saturated carbocycles. The molecule has 0 fully saturated rings. The number of thiophene rings is 1. The predicted molar refractivity (Wildman–Crippen MR) is 237 cm³/mol. The number of rotatable bonds is 2. The van der Waals surface area contributed by atoms with Gasteiger partial charge < -0.3 is 18.5 Å². The standard InChI is InChI=1S/C50H28BN3OS/c1-2-13-29(14-3-1)52-37-19-8-4-16-33(37)45-41(52)28-36-49-46(45)34-17-5-9-20-38(34)54(49)40-22-12-21-39-47(40)51(36)50-48(35-18-7-11-24-44(35)56-50)53(39)30-25-26-32-31-15-6-10-23-42(31)55-43(32)27-30/h1-28H. The van der Waals surface area contributed by atoms with Crippen LogP contribution in [0.2, 0.25) is 0 Å². The second-order valence-electron chi connectivity index (χ2n) is 15.2. The Kier molecular flexibility index (Phi) is 5.45. The molecule has 0 N–H and O–H groups in total. The molecule has 0 atom stereocenters. The maximum absolute atomic E-state index is 6.51. The fourth-order valence-electron chi connectivity index (χ4n) is 10.3. The molecule has 0 radical (unpaired) electrons.